The Morgan fingerprint density at radius 3 is 2.50 bits per heavy atom. The van der Waals surface area contributed by atoms with Crippen LogP contribution >= 0.6 is 0 Å². The van der Waals surface area contributed by atoms with Crippen molar-refractivity contribution in [2.45, 2.75) is 46.0 Å². The van der Waals surface area contributed by atoms with E-state index in [9.17, 15) is 9.90 Å². The van der Waals surface area contributed by atoms with Crippen LogP contribution in [0.15, 0.2) is 0 Å². The summed E-state index contributed by atoms with van der Waals surface area (Å²) in [5.41, 5.74) is 0.0415. The molecule has 1 aliphatic heterocycles. The highest BCUT2D eigenvalue weighted by molar-refractivity contribution is 5.77. The van der Waals surface area contributed by atoms with Crippen molar-refractivity contribution >= 4 is 5.91 Å². The molecule has 0 unspecified atom stereocenters. The van der Waals surface area contributed by atoms with E-state index in [4.69, 9.17) is 4.74 Å². The lowest BCUT2D eigenvalue weighted by molar-refractivity contribution is -0.139. The first-order valence-corrected chi connectivity index (χ1v) is 7.14. The zero-order valence-corrected chi connectivity index (χ0v) is 11.8. The van der Waals surface area contributed by atoms with Crippen LogP contribution in [-0.2, 0) is 9.53 Å². The number of nitrogens with zero attached hydrogens (tertiary/aromatic N) is 1. The molecule has 18 heavy (non-hydrogen) atoms. The van der Waals surface area contributed by atoms with Crippen molar-refractivity contribution in [2.75, 3.05) is 32.9 Å². The highest BCUT2D eigenvalue weighted by Crippen LogP contribution is 2.34. The van der Waals surface area contributed by atoms with Gasteiger partial charge < -0.3 is 14.7 Å². The average molecular weight is 257 g/mol. The normalized spacial score (nSPS) is 18.9. The van der Waals surface area contributed by atoms with Gasteiger partial charge in [-0.3, -0.25) is 4.79 Å². The molecular weight excluding hydrogens is 230 g/mol. The van der Waals surface area contributed by atoms with E-state index >= 15 is 0 Å². The predicted molar refractivity (Wildman–Crippen MR) is 71.4 cm³/mol. The summed E-state index contributed by atoms with van der Waals surface area (Å²) in [6.45, 7) is 6.84. The molecule has 1 fully saturated rings. The van der Waals surface area contributed by atoms with Crippen LogP contribution in [0.2, 0.25) is 0 Å². The Kier molecular flexibility index (Phi) is 6.65. The Hall–Kier alpha value is -0.610. The van der Waals surface area contributed by atoms with E-state index in [1.165, 1.54) is 0 Å². The second-order valence-electron chi connectivity index (χ2n) is 5.30. The molecule has 1 aliphatic rings. The molecule has 0 bridgehead atoms. The number of likely N-dealkylation sites (tertiary alicyclic amines) is 1. The van der Waals surface area contributed by atoms with Crippen molar-refractivity contribution in [1.29, 1.82) is 0 Å². The van der Waals surface area contributed by atoms with Gasteiger partial charge in [-0.25, -0.2) is 0 Å². The lowest BCUT2D eigenvalue weighted by Gasteiger charge is -2.40. The molecule has 1 amide bonds. The zero-order chi connectivity index (χ0) is 13.4. The molecule has 0 atom stereocenters. The number of aliphatic hydroxyl groups is 1. The van der Waals surface area contributed by atoms with Crippen LogP contribution in [0, 0.1) is 5.41 Å². The fourth-order valence-electron chi connectivity index (χ4n) is 2.35. The van der Waals surface area contributed by atoms with Crippen molar-refractivity contribution < 1.29 is 14.6 Å². The highest BCUT2D eigenvalue weighted by Gasteiger charge is 2.33. The molecular formula is C14H27NO3. The van der Waals surface area contributed by atoms with E-state index in [1.54, 1.807) is 0 Å². The van der Waals surface area contributed by atoms with E-state index in [0.29, 0.717) is 6.61 Å². The molecule has 1 heterocycles. The Morgan fingerprint density at radius 1 is 1.33 bits per heavy atom. The Morgan fingerprint density at radius 2 is 2.00 bits per heavy atom. The van der Waals surface area contributed by atoms with Crippen molar-refractivity contribution in [3.63, 3.8) is 0 Å². The summed E-state index contributed by atoms with van der Waals surface area (Å²) >= 11 is 0. The third-order valence-electron chi connectivity index (χ3n) is 4.13. The van der Waals surface area contributed by atoms with Crippen LogP contribution in [-0.4, -0.2) is 48.8 Å². The fourth-order valence-corrected chi connectivity index (χ4v) is 2.35. The SMILES string of the molecule is CCCCOCC(=O)N1CCC(CC)(CO)CC1. The van der Waals surface area contributed by atoms with Gasteiger partial charge >= 0.3 is 0 Å². The van der Waals surface area contributed by atoms with E-state index in [1.807, 2.05) is 4.90 Å². The van der Waals surface area contributed by atoms with Crippen LogP contribution in [0.1, 0.15) is 46.0 Å². The molecule has 1 N–H and O–H groups in total. The van der Waals surface area contributed by atoms with Crippen LogP contribution in [0.3, 0.4) is 0 Å². The zero-order valence-electron chi connectivity index (χ0n) is 11.8. The van der Waals surface area contributed by atoms with Gasteiger partial charge in [0.05, 0.1) is 0 Å². The van der Waals surface area contributed by atoms with Crippen molar-refractivity contribution in [1.82, 2.24) is 4.90 Å². The summed E-state index contributed by atoms with van der Waals surface area (Å²) < 4.78 is 5.35. The first kappa shape index (κ1) is 15.4. The summed E-state index contributed by atoms with van der Waals surface area (Å²) in [7, 11) is 0. The molecule has 0 saturated carbocycles. The molecule has 0 aromatic heterocycles. The van der Waals surface area contributed by atoms with Gasteiger partial charge in [-0.2, -0.15) is 0 Å². The van der Waals surface area contributed by atoms with Crippen LogP contribution in [0.4, 0.5) is 0 Å². The minimum Gasteiger partial charge on any atom is -0.396 e. The minimum absolute atomic E-state index is 0.0415. The molecule has 106 valence electrons. The first-order valence-electron chi connectivity index (χ1n) is 7.14. The molecule has 0 aliphatic carbocycles. The van der Waals surface area contributed by atoms with E-state index in [-0.39, 0.29) is 24.5 Å². The summed E-state index contributed by atoms with van der Waals surface area (Å²) in [6, 6.07) is 0. The molecule has 0 aromatic rings. The maximum absolute atomic E-state index is 11.9. The number of aliphatic hydroxyl groups excluding tert-OH is 1. The molecule has 0 radical (unpaired) electrons. The molecule has 4 nitrogen and oxygen atoms in total. The summed E-state index contributed by atoms with van der Waals surface area (Å²) in [4.78, 5) is 13.8. The Labute approximate surface area is 110 Å². The first-order chi connectivity index (χ1) is 8.67. The predicted octanol–water partition coefficient (Wildman–Crippen LogP) is 1.81. The Bertz CT molecular complexity index is 241. The summed E-state index contributed by atoms with van der Waals surface area (Å²) in [6.07, 6.45) is 4.89. The average Bonchev–Trinajstić information content (AvgIpc) is 2.43. The second-order valence-corrected chi connectivity index (χ2v) is 5.30. The molecule has 1 rings (SSSR count). The molecule has 0 aromatic carbocycles. The molecule has 4 heteroatoms. The number of carbonyl (C=O) groups excluding carboxylic acids is 1. The third-order valence-corrected chi connectivity index (χ3v) is 4.13. The topological polar surface area (TPSA) is 49.8 Å². The van der Waals surface area contributed by atoms with E-state index < -0.39 is 0 Å². The minimum atomic E-state index is 0.0415. The van der Waals surface area contributed by atoms with E-state index in [0.717, 1.165) is 45.2 Å². The standard InChI is InChI=1S/C14H27NO3/c1-3-5-10-18-11-13(17)15-8-6-14(4-2,12-16)7-9-15/h16H,3-12H2,1-2H3. The van der Waals surface area contributed by atoms with Gasteiger partial charge in [-0.15, -0.1) is 0 Å². The lowest BCUT2D eigenvalue weighted by atomic mass is 9.77. The number of hydrogen-bond acceptors (Lipinski definition) is 3. The Balaban J connectivity index is 2.27. The number of amides is 1. The van der Waals surface area contributed by atoms with Gasteiger partial charge in [0.2, 0.25) is 5.91 Å². The highest BCUT2D eigenvalue weighted by atomic mass is 16.5. The lowest BCUT2D eigenvalue weighted by Crippen LogP contribution is -2.45. The van der Waals surface area contributed by atoms with Crippen molar-refractivity contribution in [3.8, 4) is 0 Å². The van der Waals surface area contributed by atoms with E-state index in [2.05, 4.69) is 13.8 Å². The van der Waals surface area contributed by atoms with Gasteiger partial charge in [0.1, 0.15) is 6.61 Å². The van der Waals surface area contributed by atoms with Gasteiger partial charge in [0.25, 0.3) is 0 Å². The monoisotopic (exact) mass is 257 g/mol. The number of piperidine rings is 1. The van der Waals surface area contributed by atoms with Crippen LogP contribution in [0.5, 0.6) is 0 Å². The van der Waals surface area contributed by atoms with Crippen molar-refractivity contribution in [3.05, 3.63) is 0 Å². The maximum atomic E-state index is 11.9. The number of carbonyl (C=O) groups is 1. The number of ether oxygens (including phenoxy) is 1. The molecule has 1 saturated heterocycles. The van der Waals surface area contributed by atoms with Crippen molar-refractivity contribution in [2.24, 2.45) is 5.41 Å². The largest absolute Gasteiger partial charge is 0.396 e. The van der Waals surface area contributed by atoms with Gasteiger partial charge in [-0.05, 0) is 31.1 Å². The van der Waals surface area contributed by atoms with Gasteiger partial charge in [-0.1, -0.05) is 20.3 Å². The quantitative estimate of drug-likeness (QED) is 0.708. The molecule has 0 spiro atoms. The number of unbranched alkanes of at least 4 members (excludes halogenated alkanes) is 1. The third kappa shape index (κ3) is 4.25. The smallest absolute Gasteiger partial charge is 0.248 e. The van der Waals surface area contributed by atoms with Gasteiger partial charge in [0, 0.05) is 26.3 Å². The van der Waals surface area contributed by atoms with Crippen LogP contribution in [0.25, 0.3) is 0 Å². The number of rotatable bonds is 7. The maximum Gasteiger partial charge on any atom is 0.248 e. The van der Waals surface area contributed by atoms with Crippen LogP contribution < -0.4 is 0 Å². The van der Waals surface area contributed by atoms with Gasteiger partial charge in [0.15, 0.2) is 0 Å². The second kappa shape index (κ2) is 7.74. The number of hydrogen-bond donors (Lipinski definition) is 1. The summed E-state index contributed by atoms with van der Waals surface area (Å²) in [5, 5.41) is 9.44. The fraction of sp³-hybridized carbons (Fsp3) is 0.929. The summed E-state index contributed by atoms with van der Waals surface area (Å²) in [5.74, 6) is 0.0914.